The zero-order valence-corrected chi connectivity index (χ0v) is 12.5. The van der Waals surface area contributed by atoms with E-state index in [1.165, 1.54) is 19.1 Å². The van der Waals surface area contributed by atoms with E-state index >= 15 is 0 Å². The molecule has 2 rings (SSSR count). The lowest BCUT2D eigenvalue weighted by atomic mass is 9.90. The van der Waals surface area contributed by atoms with Crippen molar-refractivity contribution in [2.75, 3.05) is 0 Å². The summed E-state index contributed by atoms with van der Waals surface area (Å²) in [6.07, 6.45) is 0. The molecule has 0 aliphatic carbocycles. The van der Waals surface area contributed by atoms with Crippen LogP contribution in [-0.2, 0) is 0 Å². The highest BCUT2D eigenvalue weighted by Crippen LogP contribution is 2.37. The molecular formula is C17H16O5. The van der Waals surface area contributed by atoms with Gasteiger partial charge in [-0.1, -0.05) is 12.1 Å². The molecule has 5 heteroatoms. The van der Waals surface area contributed by atoms with Crippen LogP contribution in [0.1, 0.15) is 37.4 Å². The Labute approximate surface area is 127 Å². The van der Waals surface area contributed by atoms with Gasteiger partial charge in [-0.15, -0.1) is 0 Å². The molecule has 2 aromatic rings. The van der Waals surface area contributed by atoms with Crippen LogP contribution in [0.15, 0.2) is 24.3 Å². The molecule has 0 saturated carbocycles. The molecule has 0 aliphatic rings. The van der Waals surface area contributed by atoms with Crippen molar-refractivity contribution in [3.63, 3.8) is 0 Å². The van der Waals surface area contributed by atoms with Crippen molar-refractivity contribution < 1.29 is 24.9 Å². The first-order valence-electron chi connectivity index (χ1n) is 6.64. The SMILES string of the molecule is Cc1cc(C)c(O)c(-c2ccc(C(=O)O)c(C)c2C(=O)O)c1. The molecule has 0 amide bonds. The highest BCUT2D eigenvalue weighted by atomic mass is 16.4. The van der Waals surface area contributed by atoms with Crippen LogP contribution in [0.4, 0.5) is 0 Å². The number of carboxylic acid groups (broad SMARTS) is 2. The van der Waals surface area contributed by atoms with Gasteiger partial charge in [0.25, 0.3) is 0 Å². The fourth-order valence-corrected chi connectivity index (χ4v) is 2.61. The first-order valence-corrected chi connectivity index (χ1v) is 6.64. The maximum Gasteiger partial charge on any atom is 0.336 e. The van der Waals surface area contributed by atoms with E-state index in [4.69, 9.17) is 5.11 Å². The Morgan fingerprint density at radius 2 is 1.55 bits per heavy atom. The molecule has 0 spiro atoms. The van der Waals surface area contributed by atoms with E-state index in [0.717, 1.165) is 5.56 Å². The van der Waals surface area contributed by atoms with Gasteiger partial charge >= 0.3 is 11.9 Å². The van der Waals surface area contributed by atoms with Gasteiger partial charge in [-0.05, 0) is 49.6 Å². The first kappa shape index (κ1) is 15.6. The van der Waals surface area contributed by atoms with Gasteiger partial charge in [-0.2, -0.15) is 0 Å². The zero-order valence-electron chi connectivity index (χ0n) is 12.5. The van der Waals surface area contributed by atoms with Crippen LogP contribution < -0.4 is 0 Å². The summed E-state index contributed by atoms with van der Waals surface area (Å²) >= 11 is 0. The molecule has 0 atom stereocenters. The highest BCUT2D eigenvalue weighted by molar-refractivity contribution is 6.02. The second-order valence-electron chi connectivity index (χ2n) is 5.25. The lowest BCUT2D eigenvalue weighted by Crippen LogP contribution is -2.09. The second kappa shape index (κ2) is 5.52. The van der Waals surface area contributed by atoms with Crippen LogP contribution in [-0.4, -0.2) is 27.3 Å². The van der Waals surface area contributed by atoms with Crippen molar-refractivity contribution >= 4 is 11.9 Å². The third kappa shape index (κ3) is 2.53. The van der Waals surface area contributed by atoms with Crippen LogP contribution in [0, 0.1) is 20.8 Å². The predicted octanol–water partition coefficient (Wildman–Crippen LogP) is 3.38. The van der Waals surface area contributed by atoms with Crippen molar-refractivity contribution in [3.8, 4) is 16.9 Å². The minimum Gasteiger partial charge on any atom is -0.507 e. The highest BCUT2D eigenvalue weighted by Gasteiger charge is 2.22. The van der Waals surface area contributed by atoms with Gasteiger partial charge in [-0.3, -0.25) is 0 Å². The van der Waals surface area contributed by atoms with Gasteiger partial charge in [0.2, 0.25) is 0 Å². The van der Waals surface area contributed by atoms with Crippen molar-refractivity contribution in [3.05, 3.63) is 52.1 Å². The second-order valence-corrected chi connectivity index (χ2v) is 5.25. The monoisotopic (exact) mass is 300 g/mol. The van der Waals surface area contributed by atoms with E-state index in [-0.39, 0.29) is 22.4 Å². The average Bonchev–Trinajstić information content (AvgIpc) is 2.41. The number of carboxylic acids is 2. The summed E-state index contributed by atoms with van der Waals surface area (Å²) in [6, 6.07) is 6.26. The van der Waals surface area contributed by atoms with Crippen molar-refractivity contribution in [1.82, 2.24) is 0 Å². The van der Waals surface area contributed by atoms with Crippen molar-refractivity contribution in [1.29, 1.82) is 0 Å². The largest absolute Gasteiger partial charge is 0.507 e. The van der Waals surface area contributed by atoms with Gasteiger partial charge in [-0.25, -0.2) is 9.59 Å². The van der Waals surface area contributed by atoms with E-state index in [2.05, 4.69) is 0 Å². The molecule has 0 aliphatic heterocycles. The average molecular weight is 300 g/mol. The molecule has 0 unspecified atom stereocenters. The van der Waals surface area contributed by atoms with Crippen molar-refractivity contribution in [2.24, 2.45) is 0 Å². The number of rotatable bonds is 3. The lowest BCUT2D eigenvalue weighted by Gasteiger charge is -2.15. The normalized spacial score (nSPS) is 10.5. The maximum atomic E-state index is 11.6. The van der Waals surface area contributed by atoms with Gasteiger partial charge in [0, 0.05) is 11.1 Å². The van der Waals surface area contributed by atoms with Crippen LogP contribution in [0.2, 0.25) is 0 Å². The topological polar surface area (TPSA) is 94.8 Å². The van der Waals surface area contributed by atoms with E-state index in [0.29, 0.717) is 16.7 Å². The molecule has 114 valence electrons. The summed E-state index contributed by atoms with van der Waals surface area (Å²) in [7, 11) is 0. The Morgan fingerprint density at radius 1 is 0.909 bits per heavy atom. The predicted molar refractivity (Wildman–Crippen MR) is 81.7 cm³/mol. The number of aryl methyl sites for hydroxylation is 2. The molecule has 0 fully saturated rings. The molecule has 5 nitrogen and oxygen atoms in total. The minimum atomic E-state index is -1.23. The summed E-state index contributed by atoms with van der Waals surface area (Å²) in [5.74, 6) is -2.42. The Morgan fingerprint density at radius 3 is 2.09 bits per heavy atom. The van der Waals surface area contributed by atoms with E-state index < -0.39 is 11.9 Å². The van der Waals surface area contributed by atoms with Crippen molar-refractivity contribution in [2.45, 2.75) is 20.8 Å². The molecule has 0 aromatic heterocycles. The van der Waals surface area contributed by atoms with Crippen LogP contribution in [0.25, 0.3) is 11.1 Å². The van der Waals surface area contributed by atoms with Gasteiger partial charge < -0.3 is 15.3 Å². The fraction of sp³-hybridized carbons (Fsp3) is 0.176. The molecule has 0 saturated heterocycles. The van der Waals surface area contributed by atoms with Gasteiger partial charge in [0.1, 0.15) is 5.75 Å². The van der Waals surface area contributed by atoms with E-state index in [1.807, 2.05) is 6.92 Å². The number of phenols is 1. The molecule has 22 heavy (non-hydrogen) atoms. The minimum absolute atomic E-state index is 0.00410. The van der Waals surface area contributed by atoms with E-state index in [9.17, 15) is 19.8 Å². The molecule has 2 aromatic carbocycles. The summed E-state index contributed by atoms with van der Waals surface area (Å²) in [6.45, 7) is 5.02. The van der Waals surface area contributed by atoms with Gasteiger partial charge in [0.05, 0.1) is 11.1 Å². The Kier molecular flexibility index (Phi) is 3.91. The number of hydrogen-bond donors (Lipinski definition) is 3. The number of phenolic OH excluding ortho intramolecular Hbond substituents is 1. The van der Waals surface area contributed by atoms with Crippen LogP contribution in [0.5, 0.6) is 5.75 Å². The number of aromatic carboxylic acids is 2. The lowest BCUT2D eigenvalue weighted by molar-refractivity contribution is 0.0696. The molecule has 3 N–H and O–H groups in total. The Bertz CT molecular complexity index is 790. The third-order valence-corrected chi connectivity index (χ3v) is 3.64. The summed E-state index contributed by atoms with van der Waals surface area (Å²) < 4.78 is 0. The van der Waals surface area contributed by atoms with Gasteiger partial charge in [0.15, 0.2) is 0 Å². The third-order valence-electron chi connectivity index (χ3n) is 3.64. The number of aromatic hydroxyl groups is 1. The Hall–Kier alpha value is -2.82. The zero-order chi connectivity index (χ0) is 16.6. The maximum absolute atomic E-state index is 11.6. The van der Waals surface area contributed by atoms with Crippen LogP contribution >= 0.6 is 0 Å². The molecule has 0 radical (unpaired) electrons. The van der Waals surface area contributed by atoms with E-state index in [1.54, 1.807) is 19.1 Å². The van der Waals surface area contributed by atoms with Crippen LogP contribution in [0.3, 0.4) is 0 Å². The number of carbonyl (C=O) groups is 2. The molecular weight excluding hydrogens is 284 g/mol. The summed E-state index contributed by atoms with van der Waals surface area (Å²) in [5.41, 5.74) is 2.18. The fourth-order valence-electron chi connectivity index (χ4n) is 2.61. The number of benzene rings is 2. The first-order chi connectivity index (χ1) is 10.2. The number of hydrogen-bond acceptors (Lipinski definition) is 3. The standard InChI is InChI=1S/C17H16O5/c1-8-6-9(2)15(18)13(7-8)12-5-4-11(16(19)20)10(3)14(12)17(21)22/h4-7,18H,1-3H3,(H,19,20)(H,21,22). The Balaban J connectivity index is 2.85. The smallest absolute Gasteiger partial charge is 0.336 e. The molecule has 0 heterocycles. The molecule has 0 bridgehead atoms. The quantitative estimate of drug-likeness (QED) is 0.807. The summed E-state index contributed by atoms with van der Waals surface area (Å²) in [5, 5.41) is 28.8. The summed E-state index contributed by atoms with van der Waals surface area (Å²) in [4.78, 5) is 22.8.